The Hall–Kier alpha value is -3.36. The van der Waals surface area contributed by atoms with Crippen molar-refractivity contribution in [3.63, 3.8) is 0 Å². The third kappa shape index (κ3) is 3.34. The molecule has 5 aromatic rings. The minimum atomic E-state index is -1.91. The molecule has 2 aromatic heterocycles. The van der Waals surface area contributed by atoms with E-state index in [1.54, 1.807) is 6.20 Å². The van der Waals surface area contributed by atoms with Gasteiger partial charge in [0.15, 0.2) is 0 Å². The molecule has 0 aliphatic carbocycles. The standard InChI is InChI=1S/C27H22GeN2O/c1-28(2,3)20-13-10-18(11-14-20)25-19(17-29)12-15-22-21-7-6-8-23(26(21)31-27(22)25)24-9-4-5-16-30-24/h4-16H,1-3H3. The first-order valence-corrected chi connectivity index (χ1v) is 17.7. The van der Waals surface area contributed by atoms with E-state index in [0.717, 1.165) is 44.3 Å². The Morgan fingerprint density at radius 1 is 0.806 bits per heavy atom. The quantitative estimate of drug-likeness (QED) is 0.279. The number of hydrogen-bond donors (Lipinski definition) is 0. The van der Waals surface area contributed by atoms with Gasteiger partial charge in [-0.15, -0.1) is 0 Å². The van der Waals surface area contributed by atoms with E-state index >= 15 is 0 Å². The Bertz CT molecular complexity index is 1450. The van der Waals surface area contributed by atoms with Gasteiger partial charge >= 0.3 is 178 Å². The Kier molecular flexibility index (Phi) is 4.68. The number of fused-ring (bicyclic) bond motifs is 3. The first kappa shape index (κ1) is 19.6. The Morgan fingerprint density at radius 3 is 2.26 bits per heavy atom. The zero-order chi connectivity index (χ0) is 21.6. The number of aromatic nitrogens is 1. The fraction of sp³-hybridized carbons (Fsp3) is 0.111. The van der Waals surface area contributed by atoms with Crippen molar-refractivity contribution < 1.29 is 4.42 Å². The number of para-hydroxylation sites is 1. The summed E-state index contributed by atoms with van der Waals surface area (Å²) in [5.74, 6) is 7.15. The molecular formula is C27H22GeN2O. The molecule has 0 atom stereocenters. The van der Waals surface area contributed by atoms with E-state index in [9.17, 15) is 5.26 Å². The average molecular weight is 463 g/mol. The SMILES string of the molecule is [CH3][Ge]([CH3])([CH3])[c]1ccc(-c2c(C#N)ccc3c2oc2c(-c4ccccn4)cccc23)cc1. The van der Waals surface area contributed by atoms with Gasteiger partial charge in [-0.05, 0) is 6.07 Å². The molecule has 0 saturated carbocycles. The molecule has 0 amide bonds. The summed E-state index contributed by atoms with van der Waals surface area (Å²) in [6.45, 7) is 0. The number of nitriles is 1. The summed E-state index contributed by atoms with van der Waals surface area (Å²) in [4.78, 5) is 4.51. The first-order valence-electron chi connectivity index (χ1n) is 10.4. The van der Waals surface area contributed by atoms with Crippen LogP contribution in [0.4, 0.5) is 0 Å². The third-order valence-corrected chi connectivity index (χ3v) is 10.1. The topological polar surface area (TPSA) is 49.8 Å². The summed E-state index contributed by atoms with van der Waals surface area (Å²) in [5, 5.41) is 11.9. The molecule has 31 heavy (non-hydrogen) atoms. The van der Waals surface area contributed by atoms with Gasteiger partial charge in [-0.25, -0.2) is 0 Å². The van der Waals surface area contributed by atoms with Gasteiger partial charge in [0.1, 0.15) is 0 Å². The Balaban J connectivity index is 1.80. The number of furan rings is 1. The summed E-state index contributed by atoms with van der Waals surface area (Å²) in [5.41, 5.74) is 5.87. The molecule has 0 radical (unpaired) electrons. The van der Waals surface area contributed by atoms with Crippen LogP contribution >= 0.6 is 0 Å². The van der Waals surface area contributed by atoms with Gasteiger partial charge in [-0.2, -0.15) is 0 Å². The van der Waals surface area contributed by atoms with Gasteiger partial charge in [-0.1, -0.05) is 0 Å². The van der Waals surface area contributed by atoms with E-state index in [-0.39, 0.29) is 0 Å². The molecule has 5 rings (SSSR count). The second-order valence-corrected chi connectivity index (χ2v) is 19.5. The van der Waals surface area contributed by atoms with Crippen LogP contribution in [0.5, 0.6) is 0 Å². The van der Waals surface area contributed by atoms with Crippen molar-refractivity contribution in [2.24, 2.45) is 0 Å². The van der Waals surface area contributed by atoms with E-state index in [2.05, 4.69) is 58.7 Å². The molecule has 0 N–H and O–H groups in total. The Labute approximate surface area is 184 Å². The van der Waals surface area contributed by atoms with E-state index in [1.807, 2.05) is 42.5 Å². The van der Waals surface area contributed by atoms with E-state index in [4.69, 9.17) is 4.42 Å². The maximum absolute atomic E-state index is 9.84. The zero-order valence-electron chi connectivity index (χ0n) is 17.8. The molecule has 0 spiro atoms. The number of hydrogen-bond acceptors (Lipinski definition) is 3. The fourth-order valence-electron chi connectivity index (χ4n) is 4.10. The summed E-state index contributed by atoms with van der Waals surface area (Å²) < 4.78 is 7.93. The van der Waals surface area contributed by atoms with Crippen LogP contribution < -0.4 is 4.40 Å². The first-order chi connectivity index (χ1) is 15.0. The summed E-state index contributed by atoms with van der Waals surface area (Å²) in [6.07, 6.45) is 1.79. The molecule has 0 aliphatic heterocycles. The van der Waals surface area contributed by atoms with Gasteiger partial charge in [0.05, 0.1) is 0 Å². The van der Waals surface area contributed by atoms with Crippen molar-refractivity contribution in [2.45, 2.75) is 17.3 Å². The molecule has 3 aromatic carbocycles. The minimum absolute atomic E-state index is 0.621. The van der Waals surface area contributed by atoms with Crippen molar-refractivity contribution >= 4 is 39.6 Å². The van der Waals surface area contributed by atoms with Crippen molar-refractivity contribution in [1.82, 2.24) is 4.98 Å². The van der Waals surface area contributed by atoms with Gasteiger partial charge in [0.2, 0.25) is 0 Å². The summed E-state index contributed by atoms with van der Waals surface area (Å²) in [6, 6.07) is 27.0. The van der Waals surface area contributed by atoms with Gasteiger partial charge in [0, 0.05) is 0 Å². The Morgan fingerprint density at radius 2 is 1.58 bits per heavy atom. The maximum atomic E-state index is 9.84. The molecule has 0 saturated heterocycles. The molecule has 0 unspecified atom stereocenters. The summed E-state index contributed by atoms with van der Waals surface area (Å²) in [7, 11) is 0. The van der Waals surface area contributed by atoms with E-state index in [0.29, 0.717) is 5.56 Å². The fourth-order valence-corrected chi connectivity index (χ4v) is 6.55. The van der Waals surface area contributed by atoms with Crippen LogP contribution in [0, 0.1) is 11.3 Å². The van der Waals surface area contributed by atoms with Gasteiger partial charge in [-0.3, -0.25) is 0 Å². The number of benzene rings is 3. The van der Waals surface area contributed by atoms with Crippen LogP contribution in [-0.4, -0.2) is 18.3 Å². The second kappa shape index (κ2) is 7.40. The van der Waals surface area contributed by atoms with Crippen LogP contribution in [0.1, 0.15) is 5.56 Å². The van der Waals surface area contributed by atoms with Crippen molar-refractivity contribution in [3.8, 4) is 28.5 Å². The van der Waals surface area contributed by atoms with Crippen LogP contribution in [0.15, 0.2) is 83.4 Å². The van der Waals surface area contributed by atoms with Crippen molar-refractivity contribution in [3.05, 3.63) is 84.6 Å². The van der Waals surface area contributed by atoms with Crippen LogP contribution in [-0.2, 0) is 0 Å². The van der Waals surface area contributed by atoms with Crippen LogP contribution in [0.3, 0.4) is 0 Å². The van der Waals surface area contributed by atoms with Gasteiger partial charge in [0.25, 0.3) is 0 Å². The van der Waals surface area contributed by atoms with Gasteiger partial charge < -0.3 is 0 Å². The normalized spacial score (nSPS) is 11.7. The predicted octanol–water partition coefficient (Wildman–Crippen LogP) is 6.73. The number of pyridine rings is 1. The molecule has 0 bridgehead atoms. The zero-order valence-corrected chi connectivity index (χ0v) is 19.9. The van der Waals surface area contributed by atoms with Crippen molar-refractivity contribution in [1.29, 1.82) is 5.26 Å². The molecule has 0 aliphatic rings. The second-order valence-electron chi connectivity index (χ2n) is 8.80. The van der Waals surface area contributed by atoms with E-state index in [1.165, 1.54) is 4.40 Å². The molecule has 150 valence electrons. The molecule has 3 nitrogen and oxygen atoms in total. The molecule has 4 heteroatoms. The van der Waals surface area contributed by atoms with E-state index < -0.39 is 13.3 Å². The van der Waals surface area contributed by atoms with Crippen LogP contribution in [0.25, 0.3) is 44.3 Å². The molecule has 0 fully saturated rings. The number of rotatable bonds is 3. The molecule has 2 heterocycles. The predicted molar refractivity (Wildman–Crippen MR) is 130 cm³/mol. The average Bonchev–Trinajstić information content (AvgIpc) is 3.17. The molecular weight excluding hydrogens is 441 g/mol. The third-order valence-electron chi connectivity index (χ3n) is 5.77. The van der Waals surface area contributed by atoms with Crippen LogP contribution in [0.2, 0.25) is 17.3 Å². The monoisotopic (exact) mass is 464 g/mol. The van der Waals surface area contributed by atoms with Crippen molar-refractivity contribution in [2.75, 3.05) is 0 Å². The number of nitrogens with zero attached hydrogens (tertiary/aromatic N) is 2. The summed E-state index contributed by atoms with van der Waals surface area (Å²) >= 11 is -1.91.